The van der Waals surface area contributed by atoms with Crippen LogP contribution in [0.1, 0.15) is 5.56 Å². The summed E-state index contributed by atoms with van der Waals surface area (Å²) < 4.78 is 16.8. The summed E-state index contributed by atoms with van der Waals surface area (Å²) in [7, 11) is 1.56. The molecule has 0 fully saturated rings. The lowest BCUT2D eigenvalue weighted by Crippen LogP contribution is -2.22. The maximum absolute atomic E-state index is 13.3. The number of benzene rings is 3. The van der Waals surface area contributed by atoms with Crippen LogP contribution in [0.3, 0.4) is 0 Å². The summed E-state index contributed by atoms with van der Waals surface area (Å²) in [5.74, 6) is 0.354. The van der Waals surface area contributed by atoms with Gasteiger partial charge in [-0.15, -0.1) is 0 Å². The van der Waals surface area contributed by atoms with Gasteiger partial charge in [0, 0.05) is 11.3 Å². The third-order valence-electron chi connectivity index (χ3n) is 4.84. The van der Waals surface area contributed by atoms with Crippen molar-refractivity contribution in [2.24, 2.45) is 0 Å². The zero-order valence-electron chi connectivity index (χ0n) is 17.5. The fraction of sp³-hybridized carbons (Fsp3) is 0.120. The molecular weight excluding hydrogens is 430 g/mol. The molecule has 1 N–H and O–H groups in total. The molecule has 0 saturated carbocycles. The first kappa shape index (κ1) is 21.5. The quantitative estimate of drug-likeness (QED) is 0.423. The van der Waals surface area contributed by atoms with Crippen molar-refractivity contribution < 1.29 is 18.7 Å². The van der Waals surface area contributed by atoms with Crippen LogP contribution in [0.4, 0.5) is 5.69 Å². The highest BCUT2D eigenvalue weighted by Crippen LogP contribution is 2.35. The number of nitrogens with one attached hydrogen (secondary N) is 1. The van der Waals surface area contributed by atoms with Gasteiger partial charge in [0.2, 0.25) is 11.2 Å². The van der Waals surface area contributed by atoms with Gasteiger partial charge in [0.15, 0.2) is 12.4 Å². The van der Waals surface area contributed by atoms with Crippen molar-refractivity contribution in [3.8, 4) is 22.8 Å². The van der Waals surface area contributed by atoms with Crippen molar-refractivity contribution in [1.82, 2.24) is 0 Å². The average molecular weight is 450 g/mol. The van der Waals surface area contributed by atoms with Crippen LogP contribution in [0.15, 0.2) is 75.9 Å². The van der Waals surface area contributed by atoms with Crippen LogP contribution < -0.4 is 20.2 Å². The Morgan fingerprint density at radius 1 is 1.06 bits per heavy atom. The number of carbonyl (C=O) groups excluding carboxylic acids is 1. The lowest BCUT2D eigenvalue weighted by Gasteiger charge is -2.13. The smallest absolute Gasteiger partial charge is 0.262 e. The molecular formula is C25H20ClNO5. The average Bonchev–Trinajstić information content (AvgIpc) is 2.79. The number of methoxy groups -OCH3 is 1. The molecule has 0 spiro atoms. The first-order valence-corrected chi connectivity index (χ1v) is 10.2. The maximum Gasteiger partial charge on any atom is 0.262 e. The third kappa shape index (κ3) is 4.45. The maximum atomic E-state index is 13.3. The van der Waals surface area contributed by atoms with Crippen LogP contribution in [0.25, 0.3) is 22.3 Å². The molecule has 0 aliphatic heterocycles. The number of fused-ring (bicyclic) bond motifs is 1. The van der Waals surface area contributed by atoms with Crippen LogP contribution in [0, 0.1) is 6.92 Å². The predicted molar refractivity (Wildman–Crippen MR) is 125 cm³/mol. The molecule has 0 atom stereocenters. The molecule has 0 aliphatic carbocycles. The van der Waals surface area contributed by atoms with Crippen molar-refractivity contribution >= 4 is 34.2 Å². The van der Waals surface area contributed by atoms with Gasteiger partial charge in [0.25, 0.3) is 5.91 Å². The predicted octanol–water partition coefficient (Wildman–Crippen LogP) is 5.45. The minimum Gasteiger partial charge on any atom is -0.497 e. The number of aryl methyl sites for hydroxylation is 1. The summed E-state index contributed by atoms with van der Waals surface area (Å²) in [4.78, 5) is 25.7. The summed E-state index contributed by atoms with van der Waals surface area (Å²) in [6, 6.07) is 19.1. The number of hydrogen-bond acceptors (Lipinski definition) is 5. The first-order valence-electron chi connectivity index (χ1n) is 9.85. The number of hydrogen-bond donors (Lipinski definition) is 1. The highest BCUT2D eigenvalue weighted by molar-refractivity contribution is 6.33. The van der Waals surface area contributed by atoms with Crippen molar-refractivity contribution in [2.45, 2.75) is 6.92 Å². The monoisotopic (exact) mass is 449 g/mol. The Morgan fingerprint density at radius 2 is 1.81 bits per heavy atom. The molecule has 32 heavy (non-hydrogen) atoms. The fourth-order valence-electron chi connectivity index (χ4n) is 3.25. The van der Waals surface area contributed by atoms with Crippen LogP contribution in [0.2, 0.25) is 5.02 Å². The molecule has 0 bridgehead atoms. The van der Waals surface area contributed by atoms with Gasteiger partial charge in [-0.25, -0.2) is 0 Å². The molecule has 0 aliphatic rings. The molecule has 0 unspecified atom stereocenters. The zero-order chi connectivity index (χ0) is 22.7. The minimum absolute atomic E-state index is 0.0684. The Bertz CT molecular complexity index is 1350. The summed E-state index contributed by atoms with van der Waals surface area (Å²) in [5.41, 5.74) is 2.01. The largest absolute Gasteiger partial charge is 0.497 e. The van der Waals surface area contributed by atoms with E-state index >= 15 is 0 Å². The second-order valence-corrected chi connectivity index (χ2v) is 7.54. The Balaban J connectivity index is 1.67. The van der Waals surface area contributed by atoms with Crippen LogP contribution >= 0.6 is 11.6 Å². The molecule has 4 aromatic rings. The number of carbonyl (C=O) groups is 1. The highest BCUT2D eigenvalue weighted by atomic mass is 35.5. The van der Waals surface area contributed by atoms with E-state index < -0.39 is 5.91 Å². The Morgan fingerprint density at radius 3 is 2.53 bits per heavy atom. The molecule has 3 aromatic carbocycles. The fourth-order valence-corrected chi connectivity index (χ4v) is 3.48. The van der Waals surface area contributed by atoms with E-state index in [0.717, 1.165) is 5.56 Å². The van der Waals surface area contributed by atoms with Gasteiger partial charge in [0.1, 0.15) is 11.3 Å². The van der Waals surface area contributed by atoms with Crippen molar-refractivity contribution in [2.75, 3.05) is 19.0 Å². The Labute approximate surface area is 189 Å². The number of rotatable bonds is 6. The molecule has 6 nitrogen and oxygen atoms in total. The van der Waals surface area contributed by atoms with Crippen molar-refractivity contribution in [1.29, 1.82) is 0 Å². The minimum atomic E-state index is -0.427. The van der Waals surface area contributed by atoms with Gasteiger partial charge in [-0.05, 0) is 55.5 Å². The normalized spacial score (nSPS) is 10.7. The summed E-state index contributed by atoms with van der Waals surface area (Å²) in [5, 5.41) is 3.49. The van der Waals surface area contributed by atoms with E-state index in [9.17, 15) is 9.59 Å². The first-order chi connectivity index (χ1) is 15.5. The van der Waals surface area contributed by atoms with Gasteiger partial charge in [-0.1, -0.05) is 35.4 Å². The Hall–Kier alpha value is -3.77. The summed E-state index contributed by atoms with van der Waals surface area (Å²) in [6.45, 7) is 1.50. The van der Waals surface area contributed by atoms with Gasteiger partial charge in [0.05, 0.1) is 17.5 Å². The van der Waals surface area contributed by atoms with E-state index in [-0.39, 0.29) is 23.5 Å². The summed E-state index contributed by atoms with van der Waals surface area (Å²) >= 11 is 6.35. The van der Waals surface area contributed by atoms with Crippen molar-refractivity contribution in [3.63, 3.8) is 0 Å². The lowest BCUT2D eigenvalue weighted by molar-refractivity contribution is -0.118. The number of ether oxygens (including phenoxy) is 2. The van der Waals surface area contributed by atoms with E-state index in [4.69, 9.17) is 25.5 Å². The highest BCUT2D eigenvalue weighted by Gasteiger charge is 2.20. The molecule has 4 rings (SSSR count). The molecule has 162 valence electrons. The zero-order valence-corrected chi connectivity index (χ0v) is 18.2. The van der Waals surface area contributed by atoms with Crippen molar-refractivity contribution in [3.05, 3.63) is 87.5 Å². The number of halogens is 1. The lowest BCUT2D eigenvalue weighted by atomic mass is 10.1. The molecule has 7 heteroatoms. The van der Waals surface area contributed by atoms with Gasteiger partial charge < -0.3 is 19.2 Å². The molecule has 1 heterocycles. The van der Waals surface area contributed by atoms with E-state index in [2.05, 4.69) is 5.32 Å². The van der Waals surface area contributed by atoms with E-state index in [1.165, 1.54) is 0 Å². The van der Waals surface area contributed by atoms with Crippen LogP contribution in [-0.4, -0.2) is 19.6 Å². The van der Waals surface area contributed by atoms with Gasteiger partial charge >= 0.3 is 0 Å². The molecule has 1 aromatic heterocycles. The standard InChI is InChI=1S/C25H20ClNO5/c1-15-7-12-21-19(13-15)23(29)25(24(32-21)18-5-3-4-6-20(18)26)31-14-22(28)27-16-8-10-17(30-2)11-9-16/h3-13H,14H2,1-2H3,(H,27,28). The molecule has 1 amide bonds. The van der Waals surface area contributed by atoms with Gasteiger partial charge in [-0.2, -0.15) is 0 Å². The number of anilines is 1. The second kappa shape index (κ2) is 9.16. The van der Waals surface area contributed by atoms with E-state index in [1.807, 2.05) is 13.0 Å². The topological polar surface area (TPSA) is 77.8 Å². The van der Waals surface area contributed by atoms with Gasteiger partial charge in [-0.3, -0.25) is 9.59 Å². The van der Waals surface area contributed by atoms with Crippen LogP contribution in [0.5, 0.6) is 11.5 Å². The van der Waals surface area contributed by atoms with E-state index in [0.29, 0.717) is 33.0 Å². The van der Waals surface area contributed by atoms with Crippen LogP contribution in [-0.2, 0) is 4.79 Å². The second-order valence-electron chi connectivity index (χ2n) is 7.13. The molecule has 0 radical (unpaired) electrons. The SMILES string of the molecule is COc1ccc(NC(=O)COc2c(-c3ccccc3Cl)oc3ccc(C)cc3c2=O)cc1. The Kier molecular flexibility index (Phi) is 6.14. The molecule has 0 saturated heterocycles. The summed E-state index contributed by atoms with van der Waals surface area (Å²) in [6.07, 6.45) is 0. The van der Waals surface area contributed by atoms with E-state index in [1.54, 1.807) is 67.8 Å². The number of amides is 1. The third-order valence-corrected chi connectivity index (χ3v) is 5.17.